The first-order valence-electron chi connectivity index (χ1n) is 7.91. The van der Waals surface area contributed by atoms with Crippen molar-refractivity contribution in [2.45, 2.75) is 12.8 Å². The van der Waals surface area contributed by atoms with Crippen molar-refractivity contribution < 1.29 is 19.2 Å². The smallest absolute Gasteiger partial charge is 0.271 e. The summed E-state index contributed by atoms with van der Waals surface area (Å²) >= 11 is 0. The molecule has 7 nitrogen and oxygen atoms in total. The second-order valence-corrected chi connectivity index (χ2v) is 6.47. The number of nitro groups is 1. The van der Waals surface area contributed by atoms with Gasteiger partial charge in [-0.1, -0.05) is 12.2 Å². The van der Waals surface area contributed by atoms with E-state index in [0.29, 0.717) is 0 Å². The molecule has 4 atom stereocenters. The van der Waals surface area contributed by atoms with Crippen LogP contribution in [-0.4, -0.2) is 23.8 Å². The average Bonchev–Trinajstić information content (AvgIpc) is 2.88. The Morgan fingerprint density at radius 3 is 2.17 bits per heavy atom. The summed E-state index contributed by atoms with van der Waals surface area (Å²) < 4.78 is 5.23. The van der Waals surface area contributed by atoms with Crippen LogP contribution < -0.4 is 9.64 Å². The quantitative estimate of drug-likeness (QED) is 0.367. The number of benzene rings is 1. The maximum atomic E-state index is 12.9. The molecular formula is C17H16N2O5. The molecule has 1 aromatic rings. The molecular weight excluding hydrogens is 312 g/mol. The molecule has 2 bridgehead atoms. The van der Waals surface area contributed by atoms with Gasteiger partial charge in [0.05, 0.1) is 23.9 Å². The fraction of sp³-hybridized carbons (Fsp3) is 0.412. The van der Waals surface area contributed by atoms with Crippen LogP contribution in [-0.2, 0) is 9.59 Å². The Hall–Kier alpha value is -2.70. The van der Waals surface area contributed by atoms with Gasteiger partial charge in [0, 0.05) is 12.1 Å². The highest BCUT2D eigenvalue weighted by Crippen LogP contribution is 2.51. The number of methoxy groups -OCH3 is 1. The van der Waals surface area contributed by atoms with Gasteiger partial charge in [-0.2, -0.15) is 0 Å². The molecule has 1 aliphatic heterocycles. The Morgan fingerprint density at radius 1 is 1.12 bits per heavy atom. The van der Waals surface area contributed by atoms with Gasteiger partial charge in [-0.15, -0.1) is 0 Å². The summed E-state index contributed by atoms with van der Waals surface area (Å²) in [5, 5.41) is 11.1. The summed E-state index contributed by atoms with van der Waals surface area (Å²) in [4.78, 5) is 37.5. The number of rotatable bonds is 3. The van der Waals surface area contributed by atoms with Crippen molar-refractivity contribution in [3.63, 3.8) is 0 Å². The van der Waals surface area contributed by atoms with Crippen molar-refractivity contribution in [1.29, 1.82) is 0 Å². The minimum absolute atomic E-state index is 0.0751. The summed E-state index contributed by atoms with van der Waals surface area (Å²) in [7, 11) is 1.41. The van der Waals surface area contributed by atoms with Crippen LogP contribution in [0.5, 0.6) is 5.75 Å². The maximum Gasteiger partial charge on any atom is 0.271 e. The van der Waals surface area contributed by atoms with E-state index in [1.807, 2.05) is 12.2 Å². The summed E-state index contributed by atoms with van der Waals surface area (Å²) in [6.07, 6.45) is 5.88. The Bertz CT molecular complexity index is 755. The van der Waals surface area contributed by atoms with Crippen molar-refractivity contribution in [1.82, 2.24) is 0 Å². The van der Waals surface area contributed by atoms with Crippen LogP contribution >= 0.6 is 0 Å². The standard InChI is InChI=1S/C17H16N2O5/c1-24-13-7-6-11(19(22)23)8-12(13)18-16(20)14-9-2-3-10(5-4-9)15(14)17(18)21/h2-3,6-10,14-15H,4-5H2,1H3/t9-,10+,14-,15-/m0/s1. The SMILES string of the molecule is COc1ccc([N+](=O)[O-])cc1N1C(=O)[C@@H]2[C@@H](C1=O)[C@H]1C=C[C@@H]2CC1. The molecule has 0 aromatic heterocycles. The van der Waals surface area contributed by atoms with E-state index in [2.05, 4.69) is 0 Å². The molecule has 2 fully saturated rings. The highest BCUT2D eigenvalue weighted by atomic mass is 16.6. The molecule has 7 heteroatoms. The number of nitro benzene ring substituents is 1. The van der Waals surface area contributed by atoms with Gasteiger partial charge in [0.15, 0.2) is 0 Å². The third-order valence-electron chi connectivity index (χ3n) is 5.37. The lowest BCUT2D eigenvalue weighted by Gasteiger charge is -2.38. The molecule has 1 saturated heterocycles. The number of allylic oxidation sites excluding steroid dienone is 2. The van der Waals surface area contributed by atoms with E-state index in [1.54, 1.807) is 0 Å². The van der Waals surface area contributed by atoms with Crippen LogP contribution in [0, 0.1) is 33.8 Å². The lowest BCUT2D eigenvalue weighted by atomic mass is 9.63. The van der Waals surface area contributed by atoms with Gasteiger partial charge >= 0.3 is 0 Å². The molecule has 5 rings (SSSR count). The third kappa shape index (κ3) is 1.90. The van der Waals surface area contributed by atoms with E-state index < -0.39 is 4.92 Å². The van der Waals surface area contributed by atoms with Crippen LogP contribution in [0.25, 0.3) is 0 Å². The number of hydrogen-bond donors (Lipinski definition) is 0. The molecule has 0 radical (unpaired) electrons. The van der Waals surface area contributed by atoms with Crippen LogP contribution in [0.15, 0.2) is 30.4 Å². The molecule has 0 N–H and O–H groups in total. The van der Waals surface area contributed by atoms with Crippen LogP contribution in [0.2, 0.25) is 0 Å². The number of ether oxygens (including phenoxy) is 1. The predicted molar refractivity (Wildman–Crippen MR) is 84.5 cm³/mol. The van der Waals surface area contributed by atoms with Gasteiger partial charge < -0.3 is 4.74 Å². The van der Waals surface area contributed by atoms with Gasteiger partial charge in [-0.25, -0.2) is 4.90 Å². The second kappa shape index (κ2) is 5.15. The number of anilines is 1. The molecule has 0 unspecified atom stereocenters. The topological polar surface area (TPSA) is 89.8 Å². The number of carbonyl (C=O) groups excluding carboxylic acids is 2. The third-order valence-corrected chi connectivity index (χ3v) is 5.37. The highest BCUT2D eigenvalue weighted by molar-refractivity contribution is 6.23. The Labute approximate surface area is 138 Å². The zero-order valence-electron chi connectivity index (χ0n) is 13.0. The van der Waals surface area contributed by atoms with Gasteiger partial charge in [-0.05, 0) is 30.7 Å². The number of nitrogens with zero attached hydrogens (tertiary/aromatic N) is 2. The summed E-state index contributed by atoms with van der Waals surface area (Å²) in [5.41, 5.74) is -0.0159. The molecule has 1 aromatic carbocycles. The Balaban J connectivity index is 1.80. The largest absolute Gasteiger partial charge is 0.495 e. The van der Waals surface area contributed by atoms with Crippen molar-refractivity contribution in [3.8, 4) is 5.75 Å². The molecule has 1 heterocycles. The second-order valence-electron chi connectivity index (χ2n) is 6.47. The molecule has 2 amide bonds. The Kier molecular flexibility index (Phi) is 3.19. The van der Waals surface area contributed by atoms with E-state index >= 15 is 0 Å². The first-order chi connectivity index (χ1) is 11.5. The molecule has 3 aliphatic carbocycles. The minimum atomic E-state index is -0.549. The number of carbonyl (C=O) groups is 2. The first-order valence-corrected chi connectivity index (χ1v) is 7.91. The highest BCUT2D eigenvalue weighted by Gasteiger charge is 2.57. The average molecular weight is 328 g/mol. The number of imide groups is 1. The number of amides is 2. The maximum absolute atomic E-state index is 12.9. The number of non-ortho nitro benzene ring substituents is 1. The van der Waals surface area contributed by atoms with Crippen LogP contribution in [0.3, 0.4) is 0 Å². The van der Waals surface area contributed by atoms with Crippen molar-refractivity contribution in [3.05, 3.63) is 40.5 Å². The van der Waals surface area contributed by atoms with E-state index in [0.717, 1.165) is 17.7 Å². The number of hydrogen-bond acceptors (Lipinski definition) is 5. The molecule has 1 saturated carbocycles. The summed E-state index contributed by atoms with van der Waals surface area (Å²) in [6, 6.07) is 3.95. The van der Waals surface area contributed by atoms with Crippen molar-refractivity contribution in [2.24, 2.45) is 23.7 Å². The van der Waals surface area contributed by atoms with Crippen molar-refractivity contribution in [2.75, 3.05) is 12.0 Å². The van der Waals surface area contributed by atoms with E-state index in [1.165, 1.54) is 25.3 Å². The van der Waals surface area contributed by atoms with E-state index in [4.69, 9.17) is 4.74 Å². The first kappa shape index (κ1) is 14.9. The summed E-state index contributed by atoms with van der Waals surface area (Å²) in [5.74, 6) is -0.834. The monoisotopic (exact) mass is 328 g/mol. The molecule has 24 heavy (non-hydrogen) atoms. The van der Waals surface area contributed by atoms with Crippen molar-refractivity contribution >= 4 is 23.2 Å². The summed E-state index contributed by atoms with van der Waals surface area (Å²) in [6.45, 7) is 0. The lowest BCUT2D eigenvalue weighted by molar-refractivity contribution is -0.384. The fourth-order valence-electron chi connectivity index (χ4n) is 4.28. The fourth-order valence-corrected chi connectivity index (χ4v) is 4.28. The van der Waals surface area contributed by atoms with Gasteiger partial charge in [-0.3, -0.25) is 19.7 Å². The van der Waals surface area contributed by atoms with E-state index in [9.17, 15) is 19.7 Å². The van der Waals surface area contributed by atoms with Gasteiger partial charge in [0.2, 0.25) is 11.8 Å². The number of fused-ring (bicyclic) bond motifs is 1. The van der Waals surface area contributed by atoms with Gasteiger partial charge in [0.25, 0.3) is 5.69 Å². The zero-order chi connectivity index (χ0) is 17.0. The molecule has 4 aliphatic rings. The predicted octanol–water partition coefficient (Wildman–Crippen LogP) is 2.30. The lowest BCUT2D eigenvalue weighted by Crippen LogP contribution is -2.38. The molecule has 124 valence electrons. The normalized spacial score (nSPS) is 30.6. The zero-order valence-corrected chi connectivity index (χ0v) is 13.0. The molecule has 0 spiro atoms. The van der Waals surface area contributed by atoms with Crippen LogP contribution in [0.4, 0.5) is 11.4 Å². The van der Waals surface area contributed by atoms with Crippen LogP contribution in [0.1, 0.15) is 12.8 Å². The van der Waals surface area contributed by atoms with Gasteiger partial charge in [0.1, 0.15) is 11.4 Å². The minimum Gasteiger partial charge on any atom is -0.495 e. The Morgan fingerprint density at radius 2 is 1.71 bits per heavy atom. The van der Waals surface area contributed by atoms with E-state index in [-0.39, 0.29) is 52.6 Å².